The van der Waals surface area contributed by atoms with Crippen LogP contribution in [0.5, 0.6) is 0 Å². The Labute approximate surface area is 138 Å². The number of rotatable bonds is 5. The zero-order chi connectivity index (χ0) is 17.0. The number of hydrogen-bond acceptors (Lipinski definition) is 2. The molecule has 0 aliphatic carbocycles. The molecule has 122 valence electrons. The normalized spacial score (nSPS) is 12.0. The number of amides is 1. The van der Waals surface area contributed by atoms with Gasteiger partial charge in [-0.05, 0) is 37.6 Å². The summed E-state index contributed by atoms with van der Waals surface area (Å²) in [6.45, 7) is 3.57. The van der Waals surface area contributed by atoms with Crippen LogP contribution in [0.15, 0.2) is 36.4 Å². The first-order chi connectivity index (χ1) is 10.9. The molecule has 2 aromatic carbocycles. The van der Waals surface area contributed by atoms with Crippen molar-refractivity contribution in [2.24, 2.45) is 0 Å². The monoisotopic (exact) mass is 338 g/mol. The Morgan fingerprint density at radius 3 is 2.61 bits per heavy atom. The van der Waals surface area contributed by atoms with Crippen molar-refractivity contribution >= 4 is 23.2 Å². The van der Waals surface area contributed by atoms with Gasteiger partial charge in [0.1, 0.15) is 11.6 Å². The van der Waals surface area contributed by atoms with E-state index in [0.29, 0.717) is 16.3 Å². The first-order valence-electron chi connectivity index (χ1n) is 7.11. The molecule has 1 atom stereocenters. The maximum atomic E-state index is 13.7. The van der Waals surface area contributed by atoms with E-state index < -0.39 is 17.7 Å². The number of anilines is 1. The molecule has 0 aromatic heterocycles. The lowest BCUT2D eigenvalue weighted by atomic mass is 10.1. The van der Waals surface area contributed by atoms with Crippen LogP contribution >= 0.6 is 11.6 Å². The van der Waals surface area contributed by atoms with Crippen molar-refractivity contribution in [1.29, 1.82) is 0 Å². The van der Waals surface area contributed by atoms with Gasteiger partial charge in [0.25, 0.3) is 0 Å². The van der Waals surface area contributed by atoms with Crippen LogP contribution in [-0.4, -0.2) is 12.5 Å². The van der Waals surface area contributed by atoms with Gasteiger partial charge < -0.3 is 10.6 Å². The first-order valence-corrected chi connectivity index (χ1v) is 7.49. The predicted molar refractivity (Wildman–Crippen MR) is 87.6 cm³/mol. The van der Waals surface area contributed by atoms with Gasteiger partial charge in [-0.2, -0.15) is 0 Å². The van der Waals surface area contributed by atoms with Gasteiger partial charge in [0, 0.05) is 17.7 Å². The minimum absolute atomic E-state index is 0.0256. The molecule has 0 fully saturated rings. The zero-order valence-corrected chi connectivity index (χ0v) is 13.5. The van der Waals surface area contributed by atoms with Crippen molar-refractivity contribution in [3.05, 3.63) is 64.2 Å². The number of nitrogens with one attached hydrogen (secondary N) is 2. The van der Waals surface area contributed by atoms with Crippen molar-refractivity contribution in [2.75, 3.05) is 11.9 Å². The highest BCUT2D eigenvalue weighted by Gasteiger charge is 2.13. The fraction of sp³-hybridized carbons (Fsp3) is 0.235. The summed E-state index contributed by atoms with van der Waals surface area (Å²) in [5.41, 5.74) is 1.81. The molecule has 2 rings (SSSR count). The minimum Gasteiger partial charge on any atom is -0.324 e. The molecule has 6 heteroatoms. The van der Waals surface area contributed by atoms with Crippen LogP contribution in [-0.2, 0) is 4.79 Å². The van der Waals surface area contributed by atoms with Gasteiger partial charge in [0.05, 0.1) is 17.3 Å². The summed E-state index contributed by atoms with van der Waals surface area (Å²) in [6, 6.07) is 8.24. The Hall–Kier alpha value is -1.98. The fourth-order valence-electron chi connectivity index (χ4n) is 2.12. The number of halogens is 3. The highest BCUT2D eigenvalue weighted by atomic mass is 35.5. The van der Waals surface area contributed by atoms with Crippen LogP contribution < -0.4 is 10.6 Å². The van der Waals surface area contributed by atoms with Crippen molar-refractivity contribution < 1.29 is 13.6 Å². The molecular weight excluding hydrogens is 322 g/mol. The van der Waals surface area contributed by atoms with Crippen molar-refractivity contribution in [3.8, 4) is 0 Å². The number of aryl methyl sites for hydroxylation is 1. The van der Waals surface area contributed by atoms with Crippen LogP contribution in [0.2, 0.25) is 5.02 Å². The number of benzene rings is 2. The van der Waals surface area contributed by atoms with Crippen molar-refractivity contribution in [1.82, 2.24) is 5.32 Å². The topological polar surface area (TPSA) is 41.1 Å². The third-order valence-electron chi connectivity index (χ3n) is 3.40. The average molecular weight is 339 g/mol. The number of carbonyl (C=O) groups excluding carboxylic acids is 1. The van der Waals surface area contributed by atoms with Gasteiger partial charge in [-0.1, -0.05) is 23.7 Å². The lowest BCUT2D eigenvalue weighted by molar-refractivity contribution is -0.115. The Balaban J connectivity index is 1.93. The second-order valence-corrected chi connectivity index (χ2v) is 5.71. The molecule has 0 unspecified atom stereocenters. The second-order valence-electron chi connectivity index (χ2n) is 5.30. The molecule has 0 aliphatic rings. The van der Waals surface area contributed by atoms with Gasteiger partial charge in [-0.15, -0.1) is 0 Å². The second kappa shape index (κ2) is 7.53. The summed E-state index contributed by atoms with van der Waals surface area (Å²) in [5.74, 6) is -1.58. The first kappa shape index (κ1) is 17.4. The molecule has 1 amide bonds. The largest absolute Gasteiger partial charge is 0.324 e. The summed E-state index contributed by atoms with van der Waals surface area (Å²) in [5, 5.41) is 6.03. The summed E-state index contributed by atoms with van der Waals surface area (Å²) < 4.78 is 26.6. The summed E-state index contributed by atoms with van der Waals surface area (Å²) >= 11 is 6.05. The van der Waals surface area contributed by atoms with Crippen LogP contribution in [0.4, 0.5) is 14.5 Å². The van der Waals surface area contributed by atoms with E-state index in [9.17, 15) is 13.6 Å². The van der Waals surface area contributed by atoms with E-state index in [1.165, 1.54) is 12.1 Å². The Morgan fingerprint density at radius 2 is 1.96 bits per heavy atom. The molecule has 23 heavy (non-hydrogen) atoms. The lowest BCUT2D eigenvalue weighted by Crippen LogP contribution is -2.30. The molecule has 2 aromatic rings. The van der Waals surface area contributed by atoms with E-state index in [1.807, 2.05) is 13.0 Å². The van der Waals surface area contributed by atoms with E-state index in [-0.39, 0.29) is 12.5 Å². The Bertz CT molecular complexity index is 722. The van der Waals surface area contributed by atoms with E-state index in [1.54, 1.807) is 19.1 Å². The SMILES string of the molecule is Cc1ccc(NC(=O)CN[C@H](C)c2ccc(F)cc2F)c(Cl)c1. The average Bonchev–Trinajstić information content (AvgIpc) is 2.48. The summed E-state index contributed by atoms with van der Waals surface area (Å²) in [6.07, 6.45) is 0. The van der Waals surface area contributed by atoms with Gasteiger partial charge in [-0.3, -0.25) is 4.79 Å². The predicted octanol–water partition coefficient (Wildman–Crippen LogP) is 4.22. The third kappa shape index (κ3) is 4.74. The molecule has 0 saturated carbocycles. The molecule has 0 bridgehead atoms. The molecule has 0 radical (unpaired) electrons. The van der Waals surface area contributed by atoms with Gasteiger partial charge in [-0.25, -0.2) is 8.78 Å². The standard InChI is InChI=1S/C17H17ClF2N2O/c1-10-3-6-16(14(18)7-10)22-17(23)9-21-11(2)13-5-4-12(19)8-15(13)20/h3-8,11,21H,9H2,1-2H3,(H,22,23)/t11-/m1/s1. The van der Waals surface area contributed by atoms with E-state index in [0.717, 1.165) is 11.6 Å². The van der Waals surface area contributed by atoms with Crippen LogP contribution in [0, 0.1) is 18.6 Å². The quantitative estimate of drug-likeness (QED) is 0.857. The molecule has 0 aliphatic heterocycles. The minimum atomic E-state index is -0.646. The van der Waals surface area contributed by atoms with Gasteiger partial charge >= 0.3 is 0 Å². The summed E-state index contributed by atoms with van der Waals surface area (Å²) in [7, 11) is 0. The maximum absolute atomic E-state index is 13.7. The molecule has 0 heterocycles. The Morgan fingerprint density at radius 1 is 1.22 bits per heavy atom. The molecular formula is C17H17ClF2N2O. The fourth-order valence-corrected chi connectivity index (χ4v) is 2.41. The van der Waals surface area contributed by atoms with Gasteiger partial charge in [0.15, 0.2) is 0 Å². The molecule has 0 saturated heterocycles. The van der Waals surface area contributed by atoms with Gasteiger partial charge in [0.2, 0.25) is 5.91 Å². The van der Waals surface area contributed by atoms with E-state index in [2.05, 4.69) is 10.6 Å². The number of carbonyl (C=O) groups is 1. The van der Waals surface area contributed by atoms with Crippen LogP contribution in [0.1, 0.15) is 24.1 Å². The Kier molecular flexibility index (Phi) is 5.69. The molecule has 2 N–H and O–H groups in total. The molecule has 3 nitrogen and oxygen atoms in total. The van der Waals surface area contributed by atoms with E-state index >= 15 is 0 Å². The molecule has 0 spiro atoms. The third-order valence-corrected chi connectivity index (χ3v) is 3.71. The highest BCUT2D eigenvalue weighted by Crippen LogP contribution is 2.22. The van der Waals surface area contributed by atoms with Crippen molar-refractivity contribution in [2.45, 2.75) is 19.9 Å². The lowest BCUT2D eigenvalue weighted by Gasteiger charge is -2.15. The van der Waals surface area contributed by atoms with Crippen LogP contribution in [0.3, 0.4) is 0 Å². The van der Waals surface area contributed by atoms with Crippen LogP contribution in [0.25, 0.3) is 0 Å². The maximum Gasteiger partial charge on any atom is 0.238 e. The highest BCUT2D eigenvalue weighted by molar-refractivity contribution is 6.33. The number of hydrogen-bond donors (Lipinski definition) is 2. The van der Waals surface area contributed by atoms with Crippen molar-refractivity contribution in [3.63, 3.8) is 0 Å². The van der Waals surface area contributed by atoms with E-state index in [4.69, 9.17) is 11.6 Å². The summed E-state index contributed by atoms with van der Waals surface area (Å²) in [4.78, 5) is 11.9. The smallest absolute Gasteiger partial charge is 0.238 e. The zero-order valence-electron chi connectivity index (χ0n) is 12.8.